The number of piperazine rings is 1. The van der Waals surface area contributed by atoms with Crippen LogP contribution in [0.2, 0.25) is 0 Å². The van der Waals surface area contributed by atoms with Gasteiger partial charge >= 0.3 is 0 Å². The Bertz CT molecular complexity index is 399. The van der Waals surface area contributed by atoms with Gasteiger partial charge in [0.2, 0.25) is 0 Å². The van der Waals surface area contributed by atoms with Gasteiger partial charge in [0.25, 0.3) is 0 Å². The van der Waals surface area contributed by atoms with Crippen molar-refractivity contribution in [2.24, 2.45) is 0 Å². The van der Waals surface area contributed by atoms with E-state index < -0.39 is 0 Å². The Morgan fingerprint density at radius 1 is 1.29 bits per heavy atom. The van der Waals surface area contributed by atoms with Crippen LogP contribution in [0.5, 0.6) is 5.75 Å². The van der Waals surface area contributed by atoms with Gasteiger partial charge in [-0.3, -0.25) is 4.90 Å². The van der Waals surface area contributed by atoms with Crippen molar-refractivity contribution in [3.05, 3.63) is 29.3 Å². The van der Waals surface area contributed by atoms with Crippen molar-refractivity contribution >= 4 is 0 Å². The molecule has 3 rings (SSSR count). The normalized spacial score (nSPS) is 21.9. The standard InChI is InChI=1S/C14H20N2O/c1-11(16-7-5-15-6-8-16)13-3-2-12-4-9-17-14(12)10-13/h2-3,10-11,15H,4-9H2,1H3/t11-/m0/s1. The van der Waals surface area contributed by atoms with E-state index in [-0.39, 0.29) is 0 Å². The summed E-state index contributed by atoms with van der Waals surface area (Å²) in [5, 5.41) is 3.40. The van der Waals surface area contributed by atoms with Gasteiger partial charge in [0.05, 0.1) is 6.61 Å². The molecule has 0 saturated carbocycles. The average Bonchev–Trinajstić information content (AvgIpc) is 2.86. The number of ether oxygens (including phenoxy) is 1. The summed E-state index contributed by atoms with van der Waals surface area (Å²) in [5.41, 5.74) is 2.74. The highest BCUT2D eigenvalue weighted by molar-refractivity contribution is 5.41. The fourth-order valence-electron chi connectivity index (χ4n) is 2.72. The predicted octanol–water partition coefficient (Wildman–Crippen LogP) is 1.59. The van der Waals surface area contributed by atoms with Gasteiger partial charge in [-0.25, -0.2) is 0 Å². The van der Waals surface area contributed by atoms with Crippen LogP contribution in [0.15, 0.2) is 18.2 Å². The molecule has 1 aromatic rings. The molecule has 92 valence electrons. The lowest BCUT2D eigenvalue weighted by Gasteiger charge is -2.33. The fourth-order valence-corrected chi connectivity index (χ4v) is 2.72. The second kappa shape index (κ2) is 4.67. The van der Waals surface area contributed by atoms with E-state index in [1.54, 1.807) is 0 Å². The van der Waals surface area contributed by atoms with Crippen molar-refractivity contribution in [2.45, 2.75) is 19.4 Å². The molecule has 1 atom stereocenters. The molecule has 1 N–H and O–H groups in total. The van der Waals surface area contributed by atoms with Crippen molar-refractivity contribution in [1.29, 1.82) is 0 Å². The first kappa shape index (κ1) is 11.1. The zero-order valence-electron chi connectivity index (χ0n) is 10.4. The van der Waals surface area contributed by atoms with Gasteiger partial charge < -0.3 is 10.1 Å². The summed E-state index contributed by atoms with van der Waals surface area (Å²) in [7, 11) is 0. The first-order chi connectivity index (χ1) is 8.34. The lowest BCUT2D eigenvalue weighted by atomic mass is 10.0. The van der Waals surface area contributed by atoms with Crippen LogP contribution >= 0.6 is 0 Å². The minimum atomic E-state index is 0.492. The molecule has 2 aliphatic heterocycles. The average molecular weight is 232 g/mol. The van der Waals surface area contributed by atoms with Gasteiger partial charge in [-0.05, 0) is 24.1 Å². The molecule has 1 saturated heterocycles. The van der Waals surface area contributed by atoms with Gasteiger partial charge in [0.15, 0.2) is 0 Å². The van der Waals surface area contributed by atoms with Crippen LogP contribution in [-0.4, -0.2) is 37.7 Å². The molecule has 0 spiro atoms. The quantitative estimate of drug-likeness (QED) is 0.838. The second-order valence-corrected chi connectivity index (χ2v) is 4.93. The number of fused-ring (bicyclic) bond motifs is 1. The third kappa shape index (κ3) is 2.17. The fraction of sp³-hybridized carbons (Fsp3) is 0.571. The number of benzene rings is 1. The van der Waals surface area contributed by atoms with Crippen LogP contribution in [-0.2, 0) is 6.42 Å². The maximum Gasteiger partial charge on any atom is 0.122 e. The first-order valence-electron chi connectivity index (χ1n) is 6.55. The molecule has 1 aromatic carbocycles. The number of nitrogens with one attached hydrogen (secondary N) is 1. The van der Waals surface area contributed by atoms with Crippen LogP contribution in [0.1, 0.15) is 24.1 Å². The molecule has 0 radical (unpaired) electrons. The Morgan fingerprint density at radius 3 is 2.94 bits per heavy atom. The molecule has 0 bridgehead atoms. The zero-order valence-corrected chi connectivity index (χ0v) is 10.4. The Balaban J connectivity index is 1.78. The van der Waals surface area contributed by atoms with Crippen molar-refractivity contribution in [1.82, 2.24) is 10.2 Å². The molecule has 0 unspecified atom stereocenters. The highest BCUT2D eigenvalue weighted by Crippen LogP contribution is 2.30. The molecule has 1 fully saturated rings. The summed E-state index contributed by atoms with van der Waals surface area (Å²) in [4.78, 5) is 2.53. The first-order valence-corrected chi connectivity index (χ1v) is 6.55. The van der Waals surface area contributed by atoms with Crippen molar-refractivity contribution in [2.75, 3.05) is 32.8 Å². The van der Waals surface area contributed by atoms with E-state index in [1.807, 2.05) is 0 Å². The SMILES string of the molecule is C[C@@H](c1ccc2c(c1)OCC2)N1CCNCC1. The smallest absolute Gasteiger partial charge is 0.122 e. The van der Waals surface area contributed by atoms with Crippen LogP contribution < -0.4 is 10.1 Å². The summed E-state index contributed by atoms with van der Waals surface area (Å²) >= 11 is 0. The molecule has 0 aliphatic carbocycles. The van der Waals surface area contributed by atoms with Gasteiger partial charge in [-0.15, -0.1) is 0 Å². The lowest BCUT2D eigenvalue weighted by Crippen LogP contribution is -2.44. The summed E-state index contributed by atoms with van der Waals surface area (Å²) < 4.78 is 5.65. The van der Waals surface area contributed by atoms with Crippen LogP contribution in [0, 0.1) is 0 Å². The second-order valence-electron chi connectivity index (χ2n) is 4.93. The summed E-state index contributed by atoms with van der Waals surface area (Å²) in [5.74, 6) is 1.10. The Labute approximate surface area is 103 Å². The third-order valence-corrected chi connectivity index (χ3v) is 3.90. The highest BCUT2D eigenvalue weighted by atomic mass is 16.5. The molecule has 0 amide bonds. The topological polar surface area (TPSA) is 24.5 Å². The van der Waals surface area contributed by atoms with Crippen molar-refractivity contribution < 1.29 is 4.74 Å². The molecule has 2 aliphatic rings. The van der Waals surface area contributed by atoms with E-state index in [4.69, 9.17) is 4.74 Å². The maximum absolute atomic E-state index is 5.65. The number of hydrogen-bond donors (Lipinski definition) is 1. The zero-order chi connectivity index (χ0) is 11.7. The van der Waals surface area contributed by atoms with Gasteiger partial charge in [0, 0.05) is 38.6 Å². The van der Waals surface area contributed by atoms with E-state index in [2.05, 4.69) is 35.3 Å². The Hall–Kier alpha value is -1.06. The van der Waals surface area contributed by atoms with E-state index >= 15 is 0 Å². The Morgan fingerprint density at radius 2 is 2.12 bits per heavy atom. The maximum atomic E-state index is 5.65. The summed E-state index contributed by atoms with van der Waals surface area (Å²) in [6.45, 7) is 7.62. The van der Waals surface area contributed by atoms with Gasteiger partial charge in [-0.1, -0.05) is 12.1 Å². The lowest BCUT2D eigenvalue weighted by molar-refractivity contribution is 0.185. The van der Waals surface area contributed by atoms with Crippen molar-refractivity contribution in [3.63, 3.8) is 0 Å². The summed E-state index contributed by atoms with van der Waals surface area (Å²) in [6.07, 6.45) is 1.07. The largest absolute Gasteiger partial charge is 0.493 e. The molecular formula is C14H20N2O. The van der Waals surface area contributed by atoms with E-state index in [0.717, 1.165) is 45.0 Å². The highest BCUT2D eigenvalue weighted by Gasteiger charge is 2.20. The number of hydrogen-bond acceptors (Lipinski definition) is 3. The minimum absolute atomic E-state index is 0.492. The number of nitrogens with zero attached hydrogens (tertiary/aromatic N) is 1. The summed E-state index contributed by atoms with van der Waals surface area (Å²) in [6, 6.07) is 7.22. The van der Waals surface area contributed by atoms with Crippen LogP contribution in [0.4, 0.5) is 0 Å². The minimum Gasteiger partial charge on any atom is -0.493 e. The third-order valence-electron chi connectivity index (χ3n) is 3.90. The van der Waals surface area contributed by atoms with Crippen LogP contribution in [0.25, 0.3) is 0 Å². The number of rotatable bonds is 2. The van der Waals surface area contributed by atoms with E-state index in [1.165, 1.54) is 11.1 Å². The van der Waals surface area contributed by atoms with Gasteiger partial charge in [0.1, 0.15) is 5.75 Å². The molecule has 3 nitrogen and oxygen atoms in total. The molecule has 17 heavy (non-hydrogen) atoms. The predicted molar refractivity (Wildman–Crippen MR) is 68.5 cm³/mol. The monoisotopic (exact) mass is 232 g/mol. The molecular weight excluding hydrogens is 212 g/mol. The molecule has 3 heteroatoms. The molecule has 2 heterocycles. The van der Waals surface area contributed by atoms with E-state index in [9.17, 15) is 0 Å². The van der Waals surface area contributed by atoms with E-state index in [0.29, 0.717) is 6.04 Å². The van der Waals surface area contributed by atoms with Crippen LogP contribution in [0.3, 0.4) is 0 Å². The van der Waals surface area contributed by atoms with Crippen molar-refractivity contribution in [3.8, 4) is 5.75 Å². The van der Waals surface area contributed by atoms with Gasteiger partial charge in [-0.2, -0.15) is 0 Å². The Kier molecular flexibility index (Phi) is 3.04. The molecule has 0 aromatic heterocycles.